The molecule has 2 rings (SSSR count). The second-order valence-corrected chi connectivity index (χ2v) is 12.7. The van der Waals surface area contributed by atoms with Gasteiger partial charge in [0.1, 0.15) is 0 Å². The van der Waals surface area contributed by atoms with E-state index in [2.05, 4.69) is 38.8 Å². The highest BCUT2D eigenvalue weighted by Gasteiger charge is 2.51. The molecule has 0 bridgehead atoms. The standard InChI is InChI=1S/C16H28N2O5Si/c1-11-9-18(14(21)17-13(11)20)16(8-7-12(10-19)22-16)23-24(5,6)15(2,3)4/h9,12,19H,7-8,10H2,1-6H3,(H,17,20,21)/t12-,16-/m0/s1. The Balaban J connectivity index is 2.56. The SMILES string of the molecule is Cc1cn([C@@]2(O[Si](C)(C)C(C)(C)C)CC[C@@H](CO)O2)c(=O)[nH]c1=O. The van der Waals surface area contributed by atoms with Crippen molar-refractivity contribution in [1.29, 1.82) is 0 Å². The summed E-state index contributed by atoms with van der Waals surface area (Å²) in [5, 5.41) is 9.38. The van der Waals surface area contributed by atoms with Gasteiger partial charge in [0.15, 0.2) is 8.32 Å². The smallest absolute Gasteiger partial charge is 0.332 e. The Morgan fingerprint density at radius 3 is 2.58 bits per heavy atom. The fraction of sp³-hybridized carbons (Fsp3) is 0.750. The number of ether oxygens (including phenoxy) is 1. The van der Waals surface area contributed by atoms with Crippen molar-refractivity contribution >= 4 is 8.32 Å². The average molecular weight is 356 g/mol. The molecule has 136 valence electrons. The van der Waals surface area contributed by atoms with Crippen LogP contribution in [0.1, 0.15) is 39.2 Å². The molecule has 0 aliphatic carbocycles. The van der Waals surface area contributed by atoms with Crippen LogP contribution in [0.3, 0.4) is 0 Å². The molecule has 2 heterocycles. The van der Waals surface area contributed by atoms with Gasteiger partial charge in [-0.25, -0.2) is 9.36 Å². The van der Waals surface area contributed by atoms with Gasteiger partial charge < -0.3 is 14.3 Å². The zero-order valence-corrected chi connectivity index (χ0v) is 16.3. The minimum absolute atomic E-state index is 0.0818. The molecule has 0 saturated carbocycles. The molecule has 0 spiro atoms. The maximum atomic E-state index is 12.4. The van der Waals surface area contributed by atoms with E-state index in [-0.39, 0.29) is 11.6 Å². The third kappa shape index (κ3) is 3.42. The molecule has 7 nitrogen and oxygen atoms in total. The van der Waals surface area contributed by atoms with Crippen LogP contribution in [0.2, 0.25) is 18.1 Å². The summed E-state index contributed by atoms with van der Waals surface area (Å²) < 4.78 is 13.8. The van der Waals surface area contributed by atoms with Gasteiger partial charge in [0, 0.05) is 18.2 Å². The summed E-state index contributed by atoms with van der Waals surface area (Å²) in [6, 6.07) is 0. The molecule has 1 aliphatic rings. The molecule has 1 aliphatic heterocycles. The van der Waals surface area contributed by atoms with Gasteiger partial charge in [-0.1, -0.05) is 20.8 Å². The Morgan fingerprint density at radius 2 is 2.08 bits per heavy atom. The van der Waals surface area contributed by atoms with E-state index >= 15 is 0 Å². The van der Waals surface area contributed by atoms with Crippen molar-refractivity contribution in [3.63, 3.8) is 0 Å². The number of aromatic amines is 1. The molecule has 2 atom stereocenters. The number of aryl methyl sites for hydroxylation is 1. The van der Waals surface area contributed by atoms with Crippen molar-refractivity contribution in [2.75, 3.05) is 6.61 Å². The van der Waals surface area contributed by atoms with Crippen LogP contribution in [0.5, 0.6) is 0 Å². The minimum atomic E-state index is -2.28. The molecule has 0 radical (unpaired) electrons. The van der Waals surface area contributed by atoms with Crippen molar-refractivity contribution in [3.8, 4) is 0 Å². The number of aromatic nitrogens is 2. The van der Waals surface area contributed by atoms with E-state index in [0.717, 1.165) is 0 Å². The lowest BCUT2D eigenvalue weighted by atomic mass is 10.2. The summed E-state index contributed by atoms with van der Waals surface area (Å²) in [5.41, 5.74) is -0.581. The summed E-state index contributed by atoms with van der Waals surface area (Å²) in [6.07, 6.45) is 2.11. The number of hydrogen-bond acceptors (Lipinski definition) is 5. The lowest BCUT2D eigenvalue weighted by Gasteiger charge is -2.44. The zero-order chi connectivity index (χ0) is 18.3. The molecule has 0 amide bonds. The summed E-state index contributed by atoms with van der Waals surface area (Å²) in [6.45, 7) is 12.0. The Kier molecular flexibility index (Phi) is 4.98. The van der Waals surface area contributed by atoms with Gasteiger partial charge in [0.05, 0.1) is 12.7 Å². The fourth-order valence-electron chi connectivity index (χ4n) is 2.52. The van der Waals surface area contributed by atoms with Gasteiger partial charge in [-0.15, -0.1) is 0 Å². The number of rotatable bonds is 4. The molecule has 1 aromatic rings. The Morgan fingerprint density at radius 1 is 1.46 bits per heavy atom. The first-order valence-electron chi connectivity index (χ1n) is 8.24. The fourth-order valence-corrected chi connectivity index (χ4v) is 3.88. The first kappa shape index (κ1) is 19.1. The van der Waals surface area contributed by atoms with Gasteiger partial charge in [-0.05, 0) is 31.5 Å². The van der Waals surface area contributed by atoms with E-state index in [1.165, 1.54) is 10.8 Å². The number of hydrogen-bond donors (Lipinski definition) is 2. The van der Waals surface area contributed by atoms with Crippen molar-refractivity contribution in [3.05, 3.63) is 32.6 Å². The Hall–Kier alpha value is -1.22. The third-order valence-corrected chi connectivity index (χ3v) is 9.49. The lowest BCUT2D eigenvalue weighted by Crippen LogP contribution is -2.54. The van der Waals surface area contributed by atoms with Crippen molar-refractivity contribution in [2.45, 2.75) is 70.7 Å². The van der Waals surface area contributed by atoms with Crippen LogP contribution < -0.4 is 11.2 Å². The number of nitrogens with zero attached hydrogens (tertiary/aromatic N) is 1. The molecule has 2 N–H and O–H groups in total. The van der Waals surface area contributed by atoms with E-state index in [0.29, 0.717) is 18.4 Å². The maximum absolute atomic E-state index is 12.4. The Labute approximate surface area is 142 Å². The lowest BCUT2D eigenvalue weighted by molar-refractivity contribution is -0.246. The quantitative estimate of drug-likeness (QED) is 0.800. The van der Waals surface area contributed by atoms with Gasteiger partial charge in [-0.2, -0.15) is 0 Å². The van der Waals surface area contributed by atoms with E-state index < -0.39 is 31.6 Å². The van der Waals surface area contributed by atoms with Crippen LogP contribution in [0.4, 0.5) is 0 Å². The first-order valence-corrected chi connectivity index (χ1v) is 11.1. The highest BCUT2D eigenvalue weighted by Crippen LogP contribution is 2.44. The van der Waals surface area contributed by atoms with Crippen LogP contribution >= 0.6 is 0 Å². The van der Waals surface area contributed by atoms with Gasteiger partial charge >= 0.3 is 5.69 Å². The Bertz CT molecular complexity index is 718. The van der Waals surface area contributed by atoms with E-state index in [9.17, 15) is 14.7 Å². The van der Waals surface area contributed by atoms with Crippen LogP contribution in [0.15, 0.2) is 15.8 Å². The molecule has 24 heavy (non-hydrogen) atoms. The number of aliphatic hydroxyl groups excluding tert-OH is 1. The molecule has 8 heteroatoms. The van der Waals surface area contributed by atoms with Crippen LogP contribution in [0.25, 0.3) is 0 Å². The number of aliphatic hydroxyl groups is 1. The molecule has 1 saturated heterocycles. The monoisotopic (exact) mass is 356 g/mol. The second-order valence-electron chi connectivity index (χ2n) is 7.98. The minimum Gasteiger partial charge on any atom is -0.394 e. The average Bonchev–Trinajstić information content (AvgIpc) is 2.85. The highest BCUT2D eigenvalue weighted by atomic mass is 28.4. The van der Waals surface area contributed by atoms with Crippen molar-refractivity contribution in [2.24, 2.45) is 0 Å². The number of nitrogens with one attached hydrogen (secondary N) is 1. The van der Waals surface area contributed by atoms with Crippen LogP contribution in [0, 0.1) is 6.92 Å². The first-order chi connectivity index (χ1) is 10.9. The summed E-state index contributed by atoms with van der Waals surface area (Å²) in [7, 11) is -2.28. The van der Waals surface area contributed by atoms with E-state index in [1.54, 1.807) is 6.92 Å². The molecule has 0 unspecified atom stereocenters. The number of H-pyrrole nitrogens is 1. The maximum Gasteiger partial charge on any atom is 0.332 e. The third-order valence-electron chi connectivity index (χ3n) is 5.04. The molecule has 1 aromatic heterocycles. The topological polar surface area (TPSA) is 93.6 Å². The summed E-state index contributed by atoms with van der Waals surface area (Å²) in [5.74, 6) is -1.29. The normalized spacial score (nSPS) is 25.2. The zero-order valence-electron chi connectivity index (χ0n) is 15.3. The molecular formula is C16H28N2O5Si. The predicted octanol–water partition coefficient (Wildman–Crippen LogP) is 1.65. The van der Waals surface area contributed by atoms with Gasteiger partial charge in [0.2, 0.25) is 5.91 Å². The molecule has 0 aromatic carbocycles. The largest absolute Gasteiger partial charge is 0.394 e. The molecule has 1 fully saturated rings. The highest BCUT2D eigenvalue weighted by molar-refractivity contribution is 6.74. The summed E-state index contributed by atoms with van der Waals surface area (Å²) >= 11 is 0. The van der Waals surface area contributed by atoms with Crippen LogP contribution in [-0.2, 0) is 15.1 Å². The molecular weight excluding hydrogens is 328 g/mol. The second kappa shape index (κ2) is 6.25. The van der Waals surface area contributed by atoms with E-state index in [1.807, 2.05) is 0 Å². The van der Waals surface area contributed by atoms with Gasteiger partial charge in [0.25, 0.3) is 5.56 Å². The van der Waals surface area contributed by atoms with E-state index in [4.69, 9.17) is 9.16 Å². The van der Waals surface area contributed by atoms with Crippen molar-refractivity contribution < 1.29 is 14.3 Å². The predicted molar refractivity (Wildman–Crippen MR) is 93.5 cm³/mol. The van der Waals surface area contributed by atoms with Crippen molar-refractivity contribution in [1.82, 2.24) is 9.55 Å². The summed E-state index contributed by atoms with van der Waals surface area (Å²) in [4.78, 5) is 26.4. The van der Waals surface area contributed by atoms with Gasteiger partial charge in [-0.3, -0.25) is 9.78 Å². The van der Waals surface area contributed by atoms with Crippen LogP contribution in [-0.4, -0.2) is 35.7 Å².